The lowest BCUT2D eigenvalue weighted by molar-refractivity contribution is -0.157. The molecular formula is C21H25N3O3S. The minimum absolute atomic E-state index is 0.0605. The molecule has 0 spiro atoms. The highest BCUT2D eigenvalue weighted by Gasteiger charge is 2.62. The highest BCUT2D eigenvalue weighted by Crippen LogP contribution is 2.52. The van der Waals surface area contributed by atoms with Crippen LogP contribution in [0.25, 0.3) is 0 Å². The third-order valence-electron chi connectivity index (χ3n) is 5.96. The van der Waals surface area contributed by atoms with Crippen molar-refractivity contribution in [2.24, 2.45) is 5.41 Å². The summed E-state index contributed by atoms with van der Waals surface area (Å²) in [6, 6.07) is 9.93. The second-order valence-electron chi connectivity index (χ2n) is 7.49. The van der Waals surface area contributed by atoms with Gasteiger partial charge in [-0.2, -0.15) is 0 Å². The third kappa shape index (κ3) is 3.07. The third-order valence-corrected chi connectivity index (χ3v) is 6.82. The zero-order valence-corrected chi connectivity index (χ0v) is 17.0. The number of anilines is 1. The van der Waals surface area contributed by atoms with Crippen molar-refractivity contribution in [3.63, 3.8) is 0 Å². The smallest absolute Gasteiger partial charge is 0.314 e. The largest absolute Gasteiger partial charge is 0.465 e. The molecule has 6 nitrogen and oxygen atoms in total. The Morgan fingerprint density at radius 3 is 2.79 bits per heavy atom. The molecule has 2 saturated heterocycles. The second-order valence-corrected chi connectivity index (χ2v) is 8.35. The fourth-order valence-electron chi connectivity index (χ4n) is 4.83. The predicted octanol–water partition coefficient (Wildman–Crippen LogP) is 3.35. The number of amides is 1. The molecule has 1 aromatic carbocycles. The van der Waals surface area contributed by atoms with Gasteiger partial charge in [-0.15, -0.1) is 11.3 Å². The van der Waals surface area contributed by atoms with Crippen LogP contribution in [0.4, 0.5) is 5.13 Å². The number of esters is 1. The Kier molecular flexibility index (Phi) is 5.10. The normalized spacial score (nSPS) is 25.7. The van der Waals surface area contributed by atoms with E-state index >= 15 is 0 Å². The number of rotatable bonds is 6. The summed E-state index contributed by atoms with van der Waals surface area (Å²) in [5.74, 6) is -0.262. The fourth-order valence-corrected chi connectivity index (χ4v) is 5.47. The van der Waals surface area contributed by atoms with Crippen molar-refractivity contribution < 1.29 is 14.3 Å². The Hall–Kier alpha value is -2.41. The minimum atomic E-state index is -0.683. The van der Waals surface area contributed by atoms with Crippen LogP contribution in [0.1, 0.15) is 42.2 Å². The fraction of sp³-hybridized carbons (Fsp3) is 0.476. The quantitative estimate of drug-likeness (QED) is 0.754. The van der Waals surface area contributed by atoms with Gasteiger partial charge in [0.2, 0.25) is 0 Å². The van der Waals surface area contributed by atoms with Crippen LogP contribution in [0.15, 0.2) is 35.7 Å². The molecule has 3 heterocycles. The van der Waals surface area contributed by atoms with Gasteiger partial charge in [0.15, 0.2) is 5.13 Å². The molecule has 1 N–H and O–H groups in total. The molecule has 4 rings (SSSR count). The number of hydrogen-bond acceptors (Lipinski definition) is 6. The Bertz CT molecular complexity index is 869. The first kappa shape index (κ1) is 18.9. The number of carbonyl (C=O) groups excluding carboxylic acids is 2. The average Bonchev–Trinajstić information content (AvgIpc) is 3.42. The Labute approximate surface area is 168 Å². The highest BCUT2D eigenvalue weighted by molar-refractivity contribution is 7.13. The molecule has 2 aliphatic heterocycles. The molecule has 0 unspecified atom stereocenters. The van der Waals surface area contributed by atoms with Crippen LogP contribution >= 0.6 is 11.3 Å². The van der Waals surface area contributed by atoms with Crippen molar-refractivity contribution in [3.05, 3.63) is 47.0 Å². The van der Waals surface area contributed by atoms with Gasteiger partial charge in [0.1, 0.15) is 5.69 Å². The van der Waals surface area contributed by atoms with Crippen LogP contribution in [0.3, 0.4) is 0 Å². The van der Waals surface area contributed by atoms with Gasteiger partial charge in [-0.3, -0.25) is 9.59 Å². The summed E-state index contributed by atoms with van der Waals surface area (Å²) in [7, 11) is 1.79. The lowest BCUT2D eigenvalue weighted by Gasteiger charge is -2.35. The number of thiazole rings is 1. The number of fused-ring (bicyclic) bond motifs is 2. The summed E-state index contributed by atoms with van der Waals surface area (Å²) in [6.45, 7) is 2.18. The Morgan fingerprint density at radius 2 is 2.11 bits per heavy atom. The van der Waals surface area contributed by atoms with Crippen LogP contribution in [-0.4, -0.2) is 47.5 Å². The summed E-state index contributed by atoms with van der Waals surface area (Å²) in [5.41, 5.74) is 0.866. The van der Waals surface area contributed by atoms with E-state index in [2.05, 4.69) is 10.3 Å². The van der Waals surface area contributed by atoms with Crippen molar-refractivity contribution in [2.45, 2.75) is 44.7 Å². The first-order valence-electron chi connectivity index (χ1n) is 9.76. The molecule has 0 radical (unpaired) electrons. The summed E-state index contributed by atoms with van der Waals surface area (Å²) in [6.07, 6.45) is 3.00. The summed E-state index contributed by atoms with van der Waals surface area (Å²) >= 11 is 1.42. The molecule has 148 valence electrons. The van der Waals surface area contributed by atoms with Gasteiger partial charge in [0.25, 0.3) is 5.91 Å². The zero-order valence-electron chi connectivity index (χ0n) is 16.2. The zero-order chi connectivity index (χ0) is 19.7. The highest BCUT2D eigenvalue weighted by atomic mass is 32.1. The van der Waals surface area contributed by atoms with Gasteiger partial charge in [-0.05, 0) is 38.2 Å². The molecule has 1 aromatic heterocycles. The van der Waals surface area contributed by atoms with Gasteiger partial charge >= 0.3 is 5.97 Å². The second kappa shape index (κ2) is 7.54. The number of nitrogens with one attached hydrogen (secondary N) is 1. The number of benzene rings is 1. The predicted molar refractivity (Wildman–Crippen MR) is 108 cm³/mol. The molecule has 3 atom stereocenters. The number of aromatic nitrogens is 1. The summed E-state index contributed by atoms with van der Waals surface area (Å²) in [5, 5.41) is 5.48. The average molecular weight is 400 g/mol. The van der Waals surface area contributed by atoms with Crippen molar-refractivity contribution in [3.8, 4) is 0 Å². The van der Waals surface area contributed by atoms with Crippen molar-refractivity contribution in [2.75, 3.05) is 19.0 Å². The van der Waals surface area contributed by atoms with E-state index in [1.807, 2.05) is 42.2 Å². The van der Waals surface area contributed by atoms with Crippen molar-refractivity contribution in [1.29, 1.82) is 0 Å². The minimum Gasteiger partial charge on any atom is -0.465 e. The standard InChI is InChI=1S/C21H25N3O3S/c1-3-27-19(26)21(11-14-7-5-4-6-8-14)12-15-9-10-17(21)24(15)18(25)16-13-28-20(22-2)23-16/h4-8,13,15,17H,3,9-12H2,1-2H3,(H,22,23)/t15-,17+,21+/m1/s1. The van der Waals surface area contributed by atoms with Gasteiger partial charge in [-0.1, -0.05) is 30.3 Å². The molecule has 28 heavy (non-hydrogen) atoms. The van der Waals surface area contributed by atoms with E-state index in [1.165, 1.54) is 11.3 Å². The van der Waals surface area contributed by atoms with E-state index in [0.717, 1.165) is 23.5 Å². The van der Waals surface area contributed by atoms with E-state index in [9.17, 15) is 9.59 Å². The monoisotopic (exact) mass is 399 g/mol. The first-order chi connectivity index (χ1) is 13.6. The van der Waals surface area contributed by atoms with Gasteiger partial charge < -0.3 is 15.0 Å². The lowest BCUT2D eigenvalue weighted by Crippen LogP contribution is -2.47. The Morgan fingerprint density at radius 1 is 1.32 bits per heavy atom. The molecular weight excluding hydrogens is 374 g/mol. The van der Waals surface area contributed by atoms with Gasteiger partial charge in [0.05, 0.1) is 12.0 Å². The molecule has 2 aliphatic rings. The lowest BCUT2D eigenvalue weighted by atomic mass is 9.70. The van der Waals surface area contributed by atoms with E-state index in [0.29, 0.717) is 25.1 Å². The molecule has 2 bridgehead atoms. The molecule has 7 heteroatoms. The summed E-state index contributed by atoms with van der Waals surface area (Å²) in [4.78, 5) is 32.7. The number of ether oxygens (including phenoxy) is 1. The molecule has 2 fully saturated rings. The molecule has 0 aliphatic carbocycles. The van der Waals surface area contributed by atoms with Gasteiger partial charge in [-0.25, -0.2) is 4.98 Å². The first-order valence-corrected chi connectivity index (χ1v) is 10.6. The van der Waals surface area contributed by atoms with E-state index in [-0.39, 0.29) is 24.0 Å². The summed E-state index contributed by atoms with van der Waals surface area (Å²) < 4.78 is 5.51. The Balaban J connectivity index is 1.67. The van der Waals surface area contributed by atoms with Crippen molar-refractivity contribution >= 4 is 28.3 Å². The maximum absolute atomic E-state index is 13.2. The number of hydrogen-bond donors (Lipinski definition) is 1. The van der Waals surface area contributed by atoms with Crippen LogP contribution < -0.4 is 5.32 Å². The number of nitrogens with zero attached hydrogens (tertiary/aromatic N) is 2. The van der Waals surface area contributed by atoms with Crippen molar-refractivity contribution in [1.82, 2.24) is 9.88 Å². The SMILES string of the molecule is CCOC(=O)[C@@]1(Cc2ccccc2)C[C@H]2CC[C@@H]1N2C(=O)c1csc(NC)n1. The van der Waals surface area contributed by atoms with Crippen LogP contribution in [-0.2, 0) is 16.0 Å². The number of carbonyl (C=O) groups is 2. The topological polar surface area (TPSA) is 71.5 Å². The van der Waals surface area contributed by atoms with E-state index < -0.39 is 5.41 Å². The van der Waals surface area contributed by atoms with E-state index in [1.54, 1.807) is 12.4 Å². The molecule has 1 amide bonds. The maximum Gasteiger partial charge on any atom is 0.314 e. The maximum atomic E-state index is 13.2. The van der Waals surface area contributed by atoms with Crippen LogP contribution in [0, 0.1) is 5.41 Å². The van der Waals surface area contributed by atoms with E-state index in [4.69, 9.17) is 4.74 Å². The molecule has 2 aromatic rings. The molecule has 0 saturated carbocycles. The van der Waals surface area contributed by atoms with Crippen LogP contribution in [0.2, 0.25) is 0 Å². The van der Waals surface area contributed by atoms with Crippen LogP contribution in [0.5, 0.6) is 0 Å². The van der Waals surface area contributed by atoms with Gasteiger partial charge in [0, 0.05) is 24.5 Å².